The number of hydrogen-bond donors (Lipinski definition) is 1. The number of hydrogen-bond acceptors (Lipinski definition) is 4. The summed E-state index contributed by atoms with van der Waals surface area (Å²) in [5, 5.41) is 14.4. The van der Waals surface area contributed by atoms with E-state index in [1.165, 1.54) is 60.3 Å². The zero-order valence-electron chi connectivity index (χ0n) is 14.2. The number of aromatic amines is 1. The van der Waals surface area contributed by atoms with Gasteiger partial charge < -0.3 is 4.90 Å². The number of piperidine rings is 1. The molecule has 0 amide bonds. The van der Waals surface area contributed by atoms with Crippen LogP contribution in [0, 0.1) is 0 Å². The Morgan fingerprint density at radius 2 is 1.56 bits per heavy atom. The standard InChI is InChI=1S/C20H21N5/c1-2-8-25(9-3-1)19-7-6-15-10-14-4-5-16(20-21-23-24-22-20)11-17(14)12-18(15)13-19/h4-7,11,13H,1-3,8-10,12H2,(H,21,22,23,24). The maximum absolute atomic E-state index is 4.10. The largest absolute Gasteiger partial charge is 0.372 e. The van der Waals surface area contributed by atoms with Crippen molar-refractivity contribution < 1.29 is 0 Å². The van der Waals surface area contributed by atoms with Crippen LogP contribution in [0.25, 0.3) is 11.4 Å². The summed E-state index contributed by atoms with van der Waals surface area (Å²) in [6.45, 7) is 2.38. The Morgan fingerprint density at radius 1 is 0.800 bits per heavy atom. The summed E-state index contributed by atoms with van der Waals surface area (Å²) in [5.74, 6) is 0.663. The highest BCUT2D eigenvalue weighted by atomic mass is 15.5. The summed E-state index contributed by atoms with van der Waals surface area (Å²) >= 11 is 0. The van der Waals surface area contributed by atoms with Crippen LogP contribution in [-0.4, -0.2) is 33.7 Å². The normalized spacial score (nSPS) is 16.4. The zero-order chi connectivity index (χ0) is 16.6. The molecule has 0 atom stereocenters. The van der Waals surface area contributed by atoms with Crippen LogP contribution in [0.2, 0.25) is 0 Å². The van der Waals surface area contributed by atoms with Crippen LogP contribution in [0.5, 0.6) is 0 Å². The van der Waals surface area contributed by atoms with Crippen LogP contribution in [0.3, 0.4) is 0 Å². The third-order valence-electron chi connectivity index (χ3n) is 5.48. The first-order valence-corrected chi connectivity index (χ1v) is 9.09. The third kappa shape index (κ3) is 2.69. The van der Waals surface area contributed by atoms with E-state index in [1.54, 1.807) is 0 Å². The lowest BCUT2D eigenvalue weighted by atomic mass is 9.85. The van der Waals surface area contributed by atoms with Crippen molar-refractivity contribution in [2.45, 2.75) is 32.1 Å². The SMILES string of the molecule is c1cc2c(cc1-c1nn[nH]n1)Cc1cc(N3CCCCC3)ccc1C2. The number of H-pyrrole nitrogens is 1. The maximum atomic E-state index is 4.10. The van der Waals surface area contributed by atoms with E-state index in [2.05, 4.69) is 61.9 Å². The topological polar surface area (TPSA) is 57.7 Å². The summed E-state index contributed by atoms with van der Waals surface area (Å²) in [5.41, 5.74) is 8.12. The van der Waals surface area contributed by atoms with Crippen molar-refractivity contribution in [3.8, 4) is 11.4 Å². The van der Waals surface area contributed by atoms with E-state index in [0.29, 0.717) is 5.82 Å². The highest BCUT2D eigenvalue weighted by Gasteiger charge is 2.19. The van der Waals surface area contributed by atoms with Gasteiger partial charge in [0.25, 0.3) is 0 Å². The molecule has 0 bridgehead atoms. The predicted octanol–water partition coefficient (Wildman–Crippen LogP) is 3.35. The fourth-order valence-corrected chi connectivity index (χ4v) is 4.09. The van der Waals surface area contributed by atoms with Gasteiger partial charge in [-0.05, 0) is 77.8 Å². The average molecular weight is 331 g/mol. The van der Waals surface area contributed by atoms with Gasteiger partial charge in [-0.2, -0.15) is 5.21 Å². The lowest BCUT2D eigenvalue weighted by Gasteiger charge is -2.30. The monoisotopic (exact) mass is 331 g/mol. The molecule has 25 heavy (non-hydrogen) atoms. The van der Waals surface area contributed by atoms with Crippen molar-refractivity contribution in [3.05, 3.63) is 58.7 Å². The lowest BCUT2D eigenvalue weighted by molar-refractivity contribution is 0.577. The van der Waals surface area contributed by atoms with E-state index in [9.17, 15) is 0 Å². The molecule has 2 heterocycles. The second-order valence-electron chi connectivity index (χ2n) is 7.07. The molecular formula is C20H21N5. The van der Waals surface area contributed by atoms with E-state index in [4.69, 9.17) is 0 Å². The molecule has 2 aliphatic rings. The number of nitrogens with zero attached hydrogens (tertiary/aromatic N) is 4. The number of tetrazole rings is 1. The van der Waals surface area contributed by atoms with Crippen molar-refractivity contribution in [2.24, 2.45) is 0 Å². The van der Waals surface area contributed by atoms with Gasteiger partial charge in [0.1, 0.15) is 0 Å². The van der Waals surface area contributed by atoms with E-state index in [1.807, 2.05) is 0 Å². The summed E-state index contributed by atoms with van der Waals surface area (Å²) in [4.78, 5) is 2.54. The first-order valence-electron chi connectivity index (χ1n) is 9.09. The smallest absolute Gasteiger partial charge is 0.204 e. The minimum atomic E-state index is 0.663. The number of benzene rings is 2. The molecule has 5 rings (SSSR count). The summed E-state index contributed by atoms with van der Waals surface area (Å²) in [7, 11) is 0. The van der Waals surface area contributed by atoms with Crippen LogP contribution in [0.1, 0.15) is 41.5 Å². The van der Waals surface area contributed by atoms with Crippen LogP contribution in [-0.2, 0) is 12.8 Å². The Kier molecular flexibility index (Phi) is 3.51. The third-order valence-corrected chi connectivity index (χ3v) is 5.48. The molecule has 1 aliphatic heterocycles. The molecule has 3 aromatic rings. The minimum Gasteiger partial charge on any atom is -0.372 e. The quantitative estimate of drug-likeness (QED) is 0.612. The Labute approximate surface area is 147 Å². The zero-order valence-corrected chi connectivity index (χ0v) is 14.2. The molecule has 0 unspecified atom stereocenters. The van der Waals surface area contributed by atoms with Crippen molar-refractivity contribution in [2.75, 3.05) is 18.0 Å². The first-order chi connectivity index (χ1) is 12.4. The molecule has 126 valence electrons. The van der Waals surface area contributed by atoms with Crippen LogP contribution in [0.15, 0.2) is 36.4 Å². The summed E-state index contributed by atoms with van der Waals surface area (Å²) in [6.07, 6.45) is 5.99. The molecule has 2 aromatic carbocycles. The van der Waals surface area contributed by atoms with E-state index >= 15 is 0 Å². The van der Waals surface area contributed by atoms with Gasteiger partial charge >= 0.3 is 0 Å². The first kappa shape index (κ1) is 14.6. The number of aromatic nitrogens is 4. The predicted molar refractivity (Wildman–Crippen MR) is 97.7 cm³/mol. The number of rotatable bonds is 2. The number of fused-ring (bicyclic) bond motifs is 2. The molecule has 0 radical (unpaired) electrons. The number of nitrogens with one attached hydrogen (secondary N) is 1. The summed E-state index contributed by atoms with van der Waals surface area (Å²) in [6, 6.07) is 13.6. The van der Waals surface area contributed by atoms with Gasteiger partial charge in [-0.3, -0.25) is 0 Å². The molecule has 1 N–H and O–H groups in total. The Balaban J connectivity index is 1.46. The Bertz CT molecular complexity index is 894. The minimum absolute atomic E-state index is 0.663. The van der Waals surface area contributed by atoms with Crippen LogP contribution >= 0.6 is 0 Å². The van der Waals surface area contributed by atoms with Gasteiger partial charge in [-0.15, -0.1) is 10.2 Å². The van der Waals surface area contributed by atoms with Gasteiger partial charge in [0.05, 0.1) is 0 Å². The second-order valence-corrected chi connectivity index (χ2v) is 7.07. The van der Waals surface area contributed by atoms with Gasteiger partial charge in [0.2, 0.25) is 5.82 Å². The molecule has 0 spiro atoms. The van der Waals surface area contributed by atoms with Crippen LogP contribution in [0.4, 0.5) is 5.69 Å². The van der Waals surface area contributed by atoms with Gasteiger partial charge in [0.15, 0.2) is 0 Å². The van der Waals surface area contributed by atoms with Gasteiger partial charge in [-0.25, -0.2) is 0 Å². The fourth-order valence-electron chi connectivity index (χ4n) is 4.09. The van der Waals surface area contributed by atoms with E-state index in [0.717, 1.165) is 18.4 Å². The van der Waals surface area contributed by atoms with Gasteiger partial charge in [-0.1, -0.05) is 18.2 Å². The van der Waals surface area contributed by atoms with E-state index < -0.39 is 0 Å². The Hall–Kier alpha value is -2.69. The molecule has 1 aliphatic carbocycles. The summed E-state index contributed by atoms with van der Waals surface area (Å²) < 4.78 is 0. The van der Waals surface area contributed by atoms with Crippen molar-refractivity contribution in [3.63, 3.8) is 0 Å². The molecule has 0 saturated carbocycles. The molecule has 1 saturated heterocycles. The van der Waals surface area contributed by atoms with Gasteiger partial charge in [0, 0.05) is 24.3 Å². The highest BCUT2D eigenvalue weighted by Crippen LogP contribution is 2.32. The molecule has 1 fully saturated rings. The fraction of sp³-hybridized carbons (Fsp3) is 0.350. The van der Waals surface area contributed by atoms with Crippen LogP contribution < -0.4 is 4.90 Å². The molecule has 5 heteroatoms. The molecule has 1 aromatic heterocycles. The van der Waals surface area contributed by atoms with Crippen molar-refractivity contribution >= 4 is 5.69 Å². The second kappa shape index (κ2) is 5.99. The Morgan fingerprint density at radius 3 is 2.36 bits per heavy atom. The highest BCUT2D eigenvalue weighted by molar-refractivity contribution is 5.61. The lowest BCUT2D eigenvalue weighted by Crippen LogP contribution is -2.29. The average Bonchev–Trinajstić information content (AvgIpc) is 3.21. The van der Waals surface area contributed by atoms with Crippen molar-refractivity contribution in [1.29, 1.82) is 0 Å². The van der Waals surface area contributed by atoms with E-state index in [-0.39, 0.29) is 0 Å². The number of anilines is 1. The molecule has 5 nitrogen and oxygen atoms in total. The van der Waals surface area contributed by atoms with Crippen molar-refractivity contribution in [1.82, 2.24) is 20.6 Å². The molecular weight excluding hydrogens is 310 g/mol. The maximum Gasteiger partial charge on any atom is 0.204 e.